The number of aromatic nitrogens is 1. The number of nitrogens with zero attached hydrogens (tertiary/aromatic N) is 2. The van der Waals surface area contributed by atoms with E-state index in [9.17, 15) is 9.18 Å². The average molecular weight is 358 g/mol. The Morgan fingerprint density at radius 2 is 2.19 bits per heavy atom. The van der Waals surface area contributed by atoms with Crippen LogP contribution in [0.15, 0.2) is 42.6 Å². The minimum Gasteiger partial charge on any atom is -0.490 e. The number of para-hydroxylation sites is 1. The van der Waals surface area contributed by atoms with E-state index in [2.05, 4.69) is 4.98 Å². The van der Waals surface area contributed by atoms with Crippen LogP contribution in [0.5, 0.6) is 17.4 Å². The lowest BCUT2D eigenvalue weighted by Crippen LogP contribution is -2.33. The van der Waals surface area contributed by atoms with Crippen LogP contribution in [0, 0.1) is 5.82 Å². The fourth-order valence-corrected chi connectivity index (χ4v) is 2.76. The van der Waals surface area contributed by atoms with Gasteiger partial charge in [0.15, 0.2) is 11.6 Å². The standard InChI is InChI=1S/C19H19FN2O4/c1-2-25-16-7-3-6-15(20)17(16)26-18-14(5-4-10-21-18)13-8-11-22(12-9-13)19(23)24/h3-8,10H,2,9,11-12H2,1H3,(H,23,24). The van der Waals surface area contributed by atoms with E-state index in [4.69, 9.17) is 14.6 Å². The van der Waals surface area contributed by atoms with Crippen LogP contribution >= 0.6 is 0 Å². The molecule has 136 valence electrons. The Bertz CT molecular complexity index is 838. The van der Waals surface area contributed by atoms with E-state index in [-0.39, 0.29) is 11.6 Å². The SMILES string of the molecule is CCOc1cccc(F)c1Oc1ncccc1C1=CCN(C(=O)O)CC1. The first-order chi connectivity index (χ1) is 12.6. The molecular formula is C19H19FN2O4. The summed E-state index contributed by atoms with van der Waals surface area (Å²) >= 11 is 0. The highest BCUT2D eigenvalue weighted by Gasteiger charge is 2.21. The van der Waals surface area contributed by atoms with Crippen molar-refractivity contribution in [2.75, 3.05) is 19.7 Å². The normalized spacial score (nSPS) is 13.9. The first-order valence-corrected chi connectivity index (χ1v) is 8.31. The zero-order chi connectivity index (χ0) is 18.5. The third-order valence-electron chi connectivity index (χ3n) is 4.03. The molecule has 0 radical (unpaired) electrons. The number of amides is 1. The molecule has 0 bridgehead atoms. The van der Waals surface area contributed by atoms with Gasteiger partial charge in [-0.2, -0.15) is 0 Å². The van der Waals surface area contributed by atoms with Gasteiger partial charge < -0.3 is 19.5 Å². The topological polar surface area (TPSA) is 71.9 Å². The lowest BCUT2D eigenvalue weighted by Gasteiger charge is -2.24. The highest BCUT2D eigenvalue weighted by molar-refractivity contribution is 5.73. The summed E-state index contributed by atoms with van der Waals surface area (Å²) in [6.07, 6.45) is 2.97. The van der Waals surface area contributed by atoms with Crippen LogP contribution in [-0.4, -0.2) is 40.8 Å². The molecule has 0 fully saturated rings. The molecule has 1 aliphatic rings. The fraction of sp³-hybridized carbons (Fsp3) is 0.263. The Balaban J connectivity index is 1.91. The van der Waals surface area contributed by atoms with Gasteiger partial charge >= 0.3 is 6.09 Å². The molecule has 0 spiro atoms. The Hall–Kier alpha value is -3.09. The first kappa shape index (κ1) is 17.7. The molecule has 0 atom stereocenters. The lowest BCUT2D eigenvalue weighted by atomic mass is 10.0. The van der Waals surface area contributed by atoms with E-state index in [0.29, 0.717) is 37.4 Å². The van der Waals surface area contributed by atoms with Crippen LogP contribution in [0.2, 0.25) is 0 Å². The van der Waals surface area contributed by atoms with Crippen molar-refractivity contribution >= 4 is 11.7 Å². The molecule has 1 N–H and O–H groups in total. The van der Waals surface area contributed by atoms with E-state index in [0.717, 1.165) is 5.57 Å². The summed E-state index contributed by atoms with van der Waals surface area (Å²) in [6.45, 7) is 2.87. The Morgan fingerprint density at radius 3 is 2.88 bits per heavy atom. The largest absolute Gasteiger partial charge is 0.490 e. The predicted molar refractivity (Wildman–Crippen MR) is 94.1 cm³/mol. The molecular weight excluding hydrogens is 339 g/mol. The fourth-order valence-electron chi connectivity index (χ4n) is 2.76. The number of pyridine rings is 1. The average Bonchev–Trinajstić information content (AvgIpc) is 2.65. The number of benzene rings is 1. The van der Waals surface area contributed by atoms with Gasteiger partial charge in [-0.05, 0) is 43.2 Å². The van der Waals surface area contributed by atoms with Crippen molar-refractivity contribution in [1.82, 2.24) is 9.88 Å². The van der Waals surface area contributed by atoms with Crippen LogP contribution in [-0.2, 0) is 0 Å². The van der Waals surface area contributed by atoms with Gasteiger partial charge in [-0.25, -0.2) is 14.2 Å². The second-order valence-electron chi connectivity index (χ2n) is 5.67. The summed E-state index contributed by atoms with van der Waals surface area (Å²) in [5.74, 6) is 0.00691. The van der Waals surface area contributed by atoms with Crippen molar-refractivity contribution in [3.8, 4) is 17.4 Å². The molecule has 26 heavy (non-hydrogen) atoms. The van der Waals surface area contributed by atoms with Crippen LogP contribution in [0.3, 0.4) is 0 Å². The van der Waals surface area contributed by atoms with Crippen LogP contribution in [0.25, 0.3) is 5.57 Å². The quantitative estimate of drug-likeness (QED) is 0.868. The number of carboxylic acid groups (broad SMARTS) is 1. The smallest absolute Gasteiger partial charge is 0.407 e. The zero-order valence-electron chi connectivity index (χ0n) is 14.3. The second-order valence-corrected chi connectivity index (χ2v) is 5.67. The Kier molecular flexibility index (Phi) is 5.36. The predicted octanol–water partition coefficient (Wildman–Crippen LogP) is 4.18. The minimum absolute atomic E-state index is 0.0159. The van der Waals surface area contributed by atoms with Crippen LogP contribution in [0.1, 0.15) is 18.9 Å². The molecule has 2 heterocycles. The van der Waals surface area contributed by atoms with Crippen molar-refractivity contribution in [1.29, 1.82) is 0 Å². The molecule has 0 aliphatic carbocycles. The molecule has 1 aliphatic heterocycles. The molecule has 0 saturated carbocycles. The van der Waals surface area contributed by atoms with Crippen molar-refractivity contribution in [2.24, 2.45) is 0 Å². The van der Waals surface area contributed by atoms with E-state index < -0.39 is 11.9 Å². The van der Waals surface area contributed by atoms with E-state index in [1.807, 2.05) is 19.1 Å². The van der Waals surface area contributed by atoms with Gasteiger partial charge in [0, 0.05) is 24.8 Å². The van der Waals surface area contributed by atoms with E-state index in [1.54, 1.807) is 24.4 Å². The molecule has 6 nitrogen and oxygen atoms in total. The summed E-state index contributed by atoms with van der Waals surface area (Å²) in [7, 11) is 0. The molecule has 1 aromatic carbocycles. The number of hydrogen-bond acceptors (Lipinski definition) is 4. The van der Waals surface area contributed by atoms with Gasteiger partial charge in [0.1, 0.15) is 0 Å². The summed E-state index contributed by atoms with van der Waals surface area (Å²) in [6, 6.07) is 8.07. The van der Waals surface area contributed by atoms with Crippen molar-refractivity contribution in [3.63, 3.8) is 0 Å². The number of ether oxygens (including phenoxy) is 2. The number of carbonyl (C=O) groups is 1. The van der Waals surface area contributed by atoms with Gasteiger partial charge in [-0.15, -0.1) is 0 Å². The summed E-state index contributed by atoms with van der Waals surface area (Å²) in [5.41, 5.74) is 1.63. The van der Waals surface area contributed by atoms with Crippen molar-refractivity contribution in [3.05, 3.63) is 54.0 Å². The van der Waals surface area contributed by atoms with E-state index >= 15 is 0 Å². The van der Waals surface area contributed by atoms with Crippen molar-refractivity contribution in [2.45, 2.75) is 13.3 Å². The summed E-state index contributed by atoms with van der Waals surface area (Å²) in [5, 5.41) is 9.06. The minimum atomic E-state index is -0.948. The van der Waals surface area contributed by atoms with Gasteiger partial charge in [-0.1, -0.05) is 12.1 Å². The van der Waals surface area contributed by atoms with Gasteiger partial charge in [-0.3, -0.25) is 0 Å². The zero-order valence-corrected chi connectivity index (χ0v) is 14.3. The van der Waals surface area contributed by atoms with Gasteiger partial charge in [0.25, 0.3) is 0 Å². The molecule has 0 saturated heterocycles. The third kappa shape index (κ3) is 3.77. The summed E-state index contributed by atoms with van der Waals surface area (Å²) < 4.78 is 25.5. The molecule has 1 amide bonds. The monoisotopic (exact) mass is 358 g/mol. The molecule has 7 heteroatoms. The molecule has 3 rings (SSSR count). The van der Waals surface area contributed by atoms with Crippen LogP contribution < -0.4 is 9.47 Å². The van der Waals surface area contributed by atoms with Crippen molar-refractivity contribution < 1.29 is 23.8 Å². The first-order valence-electron chi connectivity index (χ1n) is 8.31. The highest BCUT2D eigenvalue weighted by Crippen LogP contribution is 2.37. The Morgan fingerprint density at radius 1 is 1.35 bits per heavy atom. The third-order valence-corrected chi connectivity index (χ3v) is 4.03. The van der Waals surface area contributed by atoms with E-state index in [1.165, 1.54) is 11.0 Å². The molecule has 2 aromatic rings. The number of halogens is 1. The maximum atomic E-state index is 14.3. The second kappa shape index (κ2) is 7.86. The molecule has 1 aromatic heterocycles. The van der Waals surface area contributed by atoms with Crippen LogP contribution in [0.4, 0.5) is 9.18 Å². The molecule has 0 unspecified atom stereocenters. The highest BCUT2D eigenvalue weighted by atomic mass is 19.1. The number of hydrogen-bond donors (Lipinski definition) is 1. The Labute approximate surface area is 150 Å². The van der Waals surface area contributed by atoms with Gasteiger partial charge in [0.2, 0.25) is 11.6 Å². The number of rotatable bonds is 5. The summed E-state index contributed by atoms with van der Waals surface area (Å²) in [4.78, 5) is 16.6. The maximum Gasteiger partial charge on any atom is 0.407 e. The lowest BCUT2D eigenvalue weighted by molar-refractivity contribution is 0.150. The maximum absolute atomic E-state index is 14.3. The van der Waals surface area contributed by atoms with Gasteiger partial charge in [0.05, 0.1) is 6.61 Å².